The summed E-state index contributed by atoms with van der Waals surface area (Å²) in [5.74, 6) is 0.0697. The van der Waals surface area contributed by atoms with E-state index in [1.807, 2.05) is 4.98 Å². The highest BCUT2D eigenvalue weighted by molar-refractivity contribution is 6.02. The predicted octanol–water partition coefficient (Wildman–Crippen LogP) is 2.01. The molecule has 1 saturated carbocycles. The molecule has 144 valence electrons. The number of alkyl halides is 3. The third-order valence-electron chi connectivity index (χ3n) is 4.39. The number of H-pyrrole nitrogens is 2. The molecule has 2 aromatic rings. The third kappa shape index (κ3) is 4.11. The third-order valence-corrected chi connectivity index (χ3v) is 4.39. The number of benzene rings is 1. The van der Waals surface area contributed by atoms with E-state index < -0.39 is 41.3 Å². The van der Waals surface area contributed by atoms with Crippen molar-refractivity contribution in [2.45, 2.75) is 25.1 Å². The number of aromatic amines is 2. The van der Waals surface area contributed by atoms with Gasteiger partial charge < -0.3 is 15.8 Å². The Morgan fingerprint density at radius 3 is 2.37 bits per heavy atom. The minimum absolute atomic E-state index is 0.0420. The van der Waals surface area contributed by atoms with Crippen LogP contribution in [0.3, 0.4) is 0 Å². The van der Waals surface area contributed by atoms with Crippen molar-refractivity contribution in [2.24, 2.45) is 5.92 Å². The molecule has 1 fully saturated rings. The zero-order valence-electron chi connectivity index (χ0n) is 14.0. The summed E-state index contributed by atoms with van der Waals surface area (Å²) in [6.45, 7) is -0.710. The average Bonchev–Trinajstić information content (AvgIpc) is 3.43. The second-order valence-electron chi connectivity index (χ2n) is 6.37. The Hall–Kier alpha value is -2.88. The van der Waals surface area contributed by atoms with E-state index in [1.54, 1.807) is 0 Å². The topological polar surface area (TPSA) is 122 Å². The minimum Gasteiger partial charge on any atom is -0.390 e. The van der Waals surface area contributed by atoms with Gasteiger partial charge in [-0.2, -0.15) is 13.2 Å². The Kier molecular flexibility index (Phi) is 4.92. The van der Waals surface area contributed by atoms with Gasteiger partial charge in [-0.05, 0) is 36.5 Å². The zero-order chi connectivity index (χ0) is 19.8. The summed E-state index contributed by atoms with van der Waals surface area (Å²) in [6.07, 6.45) is -2.78. The van der Waals surface area contributed by atoms with Gasteiger partial charge in [0.15, 0.2) is 0 Å². The van der Waals surface area contributed by atoms with Crippen LogP contribution in [0.15, 0.2) is 33.9 Å². The van der Waals surface area contributed by atoms with Crippen molar-refractivity contribution >= 4 is 11.5 Å². The van der Waals surface area contributed by atoms with Gasteiger partial charge in [0, 0.05) is 0 Å². The maximum absolute atomic E-state index is 12.8. The molecule has 0 amide bonds. The summed E-state index contributed by atoms with van der Waals surface area (Å²) >= 11 is 0. The van der Waals surface area contributed by atoms with Gasteiger partial charge in [0.1, 0.15) is 11.4 Å². The number of halogens is 3. The molecule has 3 rings (SSSR count). The molecule has 1 aromatic carbocycles. The highest BCUT2D eigenvalue weighted by Gasteiger charge is 2.35. The number of aliphatic hydroxyl groups excluding tert-OH is 1. The largest absolute Gasteiger partial charge is 0.416 e. The van der Waals surface area contributed by atoms with Crippen LogP contribution >= 0.6 is 0 Å². The summed E-state index contributed by atoms with van der Waals surface area (Å²) in [5.41, 5.74) is -2.44. The monoisotopic (exact) mass is 382 g/mol. The molecule has 1 aromatic heterocycles. The molecule has 5 N–H and O–H groups in total. The SMILES string of the molecule is N=C(CO)c1c(NC(c2ccc(C(F)(F)F)cc2)C2CC2)[nH]c(=O)[nH]c1=O. The van der Waals surface area contributed by atoms with Gasteiger partial charge in [-0.1, -0.05) is 12.1 Å². The number of hydrogen-bond acceptors (Lipinski definition) is 5. The maximum atomic E-state index is 12.8. The summed E-state index contributed by atoms with van der Waals surface area (Å²) < 4.78 is 38.3. The molecule has 0 aliphatic heterocycles. The lowest BCUT2D eigenvalue weighted by molar-refractivity contribution is -0.137. The normalized spacial score (nSPS) is 15.4. The van der Waals surface area contributed by atoms with Crippen molar-refractivity contribution in [3.8, 4) is 0 Å². The predicted molar refractivity (Wildman–Crippen MR) is 92.1 cm³/mol. The Morgan fingerprint density at radius 2 is 1.85 bits per heavy atom. The zero-order valence-corrected chi connectivity index (χ0v) is 14.0. The average molecular weight is 382 g/mol. The molecule has 0 bridgehead atoms. The second kappa shape index (κ2) is 7.03. The fourth-order valence-electron chi connectivity index (χ4n) is 2.90. The van der Waals surface area contributed by atoms with E-state index in [0.29, 0.717) is 5.56 Å². The molecule has 1 aliphatic carbocycles. The van der Waals surface area contributed by atoms with Crippen LogP contribution in [0.25, 0.3) is 0 Å². The molecular formula is C17H17F3N4O3. The van der Waals surface area contributed by atoms with Gasteiger partial charge in [0.05, 0.1) is 23.9 Å². The van der Waals surface area contributed by atoms with Crippen molar-refractivity contribution in [1.82, 2.24) is 9.97 Å². The van der Waals surface area contributed by atoms with Crippen LogP contribution in [0.1, 0.15) is 35.6 Å². The van der Waals surface area contributed by atoms with E-state index in [2.05, 4.69) is 10.3 Å². The number of anilines is 1. The molecule has 1 atom stereocenters. The van der Waals surface area contributed by atoms with Crippen molar-refractivity contribution < 1.29 is 18.3 Å². The first kappa shape index (κ1) is 18.9. The van der Waals surface area contributed by atoms with Crippen LogP contribution in [0.5, 0.6) is 0 Å². The molecule has 10 heteroatoms. The Morgan fingerprint density at radius 1 is 1.22 bits per heavy atom. The number of aromatic nitrogens is 2. The number of aliphatic hydroxyl groups is 1. The van der Waals surface area contributed by atoms with Crippen LogP contribution in [0, 0.1) is 11.3 Å². The molecule has 0 saturated heterocycles. The Labute approximate surface area is 150 Å². The Bertz CT molecular complexity index is 959. The van der Waals surface area contributed by atoms with Crippen molar-refractivity contribution in [3.63, 3.8) is 0 Å². The minimum atomic E-state index is -4.44. The van der Waals surface area contributed by atoms with E-state index >= 15 is 0 Å². The van der Waals surface area contributed by atoms with Gasteiger partial charge in [0.25, 0.3) is 5.56 Å². The van der Waals surface area contributed by atoms with E-state index in [9.17, 15) is 27.9 Å². The molecule has 0 spiro atoms. The summed E-state index contributed by atoms with van der Waals surface area (Å²) in [5, 5.41) is 19.9. The first-order valence-corrected chi connectivity index (χ1v) is 8.19. The molecule has 0 radical (unpaired) electrons. The number of hydrogen-bond donors (Lipinski definition) is 5. The maximum Gasteiger partial charge on any atom is 0.416 e. The van der Waals surface area contributed by atoms with Gasteiger partial charge in [0.2, 0.25) is 0 Å². The van der Waals surface area contributed by atoms with Crippen molar-refractivity contribution in [1.29, 1.82) is 5.41 Å². The summed E-state index contributed by atoms with van der Waals surface area (Å²) in [4.78, 5) is 28.0. The molecule has 27 heavy (non-hydrogen) atoms. The van der Waals surface area contributed by atoms with Crippen LogP contribution in [0.2, 0.25) is 0 Å². The fraction of sp³-hybridized carbons (Fsp3) is 0.353. The van der Waals surface area contributed by atoms with E-state index in [0.717, 1.165) is 25.0 Å². The molecule has 1 heterocycles. The number of nitrogens with one attached hydrogen (secondary N) is 4. The second-order valence-corrected chi connectivity index (χ2v) is 6.37. The van der Waals surface area contributed by atoms with Gasteiger partial charge in [-0.3, -0.25) is 14.8 Å². The van der Waals surface area contributed by atoms with Gasteiger partial charge in [-0.15, -0.1) is 0 Å². The van der Waals surface area contributed by atoms with Gasteiger partial charge >= 0.3 is 11.9 Å². The lowest BCUT2D eigenvalue weighted by Crippen LogP contribution is -2.32. The van der Waals surface area contributed by atoms with Gasteiger partial charge in [-0.25, -0.2) is 4.79 Å². The highest BCUT2D eigenvalue weighted by Crippen LogP contribution is 2.43. The highest BCUT2D eigenvalue weighted by atomic mass is 19.4. The fourth-order valence-corrected chi connectivity index (χ4v) is 2.90. The van der Waals surface area contributed by atoms with Crippen molar-refractivity contribution in [3.05, 3.63) is 61.8 Å². The van der Waals surface area contributed by atoms with Crippen molar-refractivity contribution in [2.75, 3.05) is 11.9 Å². The molecule has 1 aliphatic rings. The van der Waals surface area contributed by atoms with E-state index in [4.69, 9.17) is 5.41 Å². The van der Waals surface area contributed by atoms with E-state index in [1.165, 1.54) is 12.1 Å². The van der Waals surface area contributed by atoms with Crippen LogP contribution < -0.4 is 16.6 Å². The van der Waals surface area contributed by atoms with E-state index in [-0.39, 0.29) is 17.3 Å². The summed E-state index contributed by atoms with van der Waals surface area (Å²) in [7, 11) is 0. The molecule has 7 nitrogen and oxygen atoms in total. The van der Waals surface area contributed by atoms with Crippen LogP contribution in [0.4, 0.5) is 19.0 Å². The molecule has 1 unspecified atom stereocenters. The quantitative estimate of drug-likeness (QED) is 0.491. The molecular weight excluding hydrogens is 365 g/mol. The lowest BCUT2D eigenvalue weighted by atomic mass is 10.00. The lowest BCUT2D eigenvalue weighted by Gasteiger charge is -2.22. The first-order chi connectivity index (χ1) is 12.7. The first-order valence-electron chi connectivity index (χ1n) is 8.19. The van der Waals surface area contributed by atoms with Crippen LogP contribution in [-0.4, -0.2) is 27.4 Å². The van der Waals surface area contributed by atoms with Crippen LogP contribution in [-0.2, 0) is 6.18 Å². The standard InChI is InChI=1S/C17H17F3N4O3/c18-17(19,20)10-5-3-9(4-6-10)13(8-1-2-8)22-14-12(11(21)7-25)15(26)24-16(27)23-14/h3-6,8,13,21,25H,1-2,7H2,(H3,22,23,24,26,27). The smallest absolute Gasteiger partial charge is 0.390 e. The Balaban J connectivity index is 1.98. The summed E-state index contributed by atoms with van der Waals surface area (Å²) in [6, 6.07) is 4.20. The number of rotatable bonds is 6.